The molecule has 2 N–H and O–H groups in total. The molecule has 4 aliphatic rings. The first-order chi connectivity index (χ1) is 17.0. The predicted molar refractivity (Wildman–Crippen MR) is 132 cm³/mol. The molecule has 0 saturated heterocycles. The fourth-order valence-corrected chi connectivity index (χ4v) is 6.57. The van der Waals surface area contributed by atoms with Crippen molar-refractivity contribution in [3.8, 4) is 0 Å². The van der Waals surface area contributed by atoms with Crippen LogP contribution in [-0.4, -0.2) is 74.4 Å². The van der Waals surface area contributed by atoms with E-state index in [1.165, 1.54) is 0 Å². The Balaban J connectivity index is 1.57. The topological polar surface area (TPSA) is 131 Å². The molecule has 5 atom stereocenters. The molecule has 11 heteroatoms. The molecule has 202 valence electrons. The fraction of sp³-hybridized carbons (Fsp3) is 0.800. The van der Waals surface area contributed by atoms with Crippen molar-refractivity contribution in [2.24, 2.45) is 17.8 Å². The average Bonchev–Trinajstić information content (AvgIpc) is 3.70. The van der Waals surface area contributed by atoms with Gasteiger partial charge in [0.25, 0.3) is 5.91 Å². The molecule has 36 heavy (non-hydrogen) atoms. The summed E-state index contributed by atoms with van der Waals surface area (Å²) in [4.78, 5) is 41.9. The molecular formula is C25H39N3O7S. The van der Waals surface area contributed by atoms with Crippen LogP contribution in [0.4, 0.5) is 0 Å². The Morgan fingerprint density at radius 2 is 1.94 bits per heavy atom. The largest absolute Gasteiger partial charge is 0.356 e. The maximum atomic E-state index is 13.6. The van der Waals surface area contributed by atoms with Gasteiger partial charge in [-0.15, -0.1) is 0 Å². The average molecular weight is 526 g/mol. The molecule has 1 heterocycles. The van der Waals surface area contributed by atoms with Crippen LogP contribution in [0.3, 0.4) is 0 Å². The summed E-state index contributed by atoms with van der Waals surface area (Å²) in [6.07, 6.45) is 8.10. The normalized spacial score (nSPS) is 35.1. The molecule has 4 rings (SSSR count). The summed E-state index contributed by atoms with van der Waals surface area (Å²) in [6, 6.07) is 0. The molecule has 3 amide bonds. The van der Waals surface area contributed by atoms with Gasteiger partial charge >= 0.3 is 0 Å². The highest BCUT2D eigenvalue weighted by molar-refractivity contribution is 7.91. The lowest BCUT2D eigenvalue weighted by Crippen LogP contribution is -2.55. The van der Waals surface area contributed by atoms with Crippen LogP contribution in [0, 0.1) is 17.8 Å². The lowest BCUT2D eigenvalue weighted by atomic mass is 9.93. The van der Waals surface area contributed by atoms with Crippen LogP contribution in [0.15, 0.2) is 12.2 Å². The van der Waals surface area contributed by atoms with Crippen LogP contribution in [-0.2, 0) is 33.9 Å². The van der Waals surface area contributed by atoms with Crippen LogP contribution in [0.25, 0.3) is 0 Å². The quantitative estimate of drug-likeness (QED) is 0.292. The third kappa shape index (κ3) is 5.47. The third-order valence-corrected chi connectivity index (χ3v) is 10.4. The Bertz CT molecular complexity index is 1010. The third-order valence-electron chi connectivity index (χ3n) is 8.22. The molecule has 3 aliphatic carbocycles. The van der Waals surface area contributed by atoms with Crippen molar-refractivity contribution in [2.45, 2.75) is 81.6 Å². The number of fused-ring (bicyclic) bond motifs is 2. The standard InChI is InChI=1S/C25H39N3O7S/c1-4-34-16-35-18-13-19-20(14-18)22(30)28(3)12-8-6-5-7-9-17-15-25(17,26-21(19)29)23(31)27-36(32,33)24(2)10-11-24/h7,9,17-20H,4-6,8,10-16H2,1-3H3,(H,26,29)(H,27,31)/b9-7-/t17-,18+,19+,20+,25+/m0/s1. The molecule has 0 aromatic rings. The number of allylic oxidation sites excluding steroid dienone is 1. The van der Waals surface area contributed by atoms with Crippen LogP contribution >= 0.6 is 0 Å². The lowest BCUT2D eigenvalue weighted by molar-refractivity contribution is -0.140. The van der Waals surface area contributed by atoms with Gasteiger partial charge in [-0.25, -0.2) is 8.42 Å². The summed E-state index contributed by atoms with van der Waals surface area (Å²) in [5, 5.41) is 2.89. The summed E-state index contributed by atoms with van der Waals surface area (Å²) in [5.41, 5.74) is -1.33. The summed E-state index contributed by atoms with van der Waals surface area (Å²) < 4.78 is 37.9. The Morgan fingerprint density at radius 1 is 1.22 bits per heavy atom. The number of nitrogens with zero attached hydrogens (tertiary/aromatic N) is 1. The molecule has 0 spiro atoms. The van der Waals surface area contributed by atoms with Crippen LogP contribution in [0.2, 0.25) is 0 Å². The van der Waals surface area contributed by atoms with Crippen molar-refractivity contribution in [2.75, 3.05) is 27.0 Å². The van der Waals surface area contributed by atoms with E-state index in [0.29, 0.717) is 45.3 Å². The highest BCUT2D eigenvalue weighted by Crippen LogP contribution is 2.48. The van der Waals surface area contributed by atoms with Crippen molar-refractivity contribution in [3.63, 3.8) is 0 Å². The number of amides is 3. The molecule has 3 fully saturated rings. The van der Waals surface area contributed by atoms with Crippen molar-refractivity contribution >= 4 is 27.7 Å². The van der Waals surface area contributed by atoms with Gasteiger partial charge in [-0.05, 0) is 65.2 Å². The molecule has 0 bridgehead atoms. The minimum absolute atomic E-state index is 0.0854. The lowest BCUT2D eigenvalue weighted by Gasteiger charge is -2.27. The van der Waals surface area contributed by atoms with Gasteiger partial charge in [-0.3, -0.25) is 19.1 Å². The van der Waals surface area contributed by atoms with E-state index in [0.717, 1.165) is 19.3 Å². The summed E-state index contributed by atoms with van der Waals surface area (Å²) in [6.45, 7) is 4.66. The van der Waals surface area contributed by atoms with Crippen LogP contribution < -0.4 is 10.0 Å². The van der Waals surface area contributed by atoms with Gasteiger partial charge in [-0.2, -0.15) is 0 Å². The molecule has 1 aliphatic heterocycles. The van der Waals surface area contributed by atoms with E-state index >= 15 is 0 Å². The van der Waals surface area contributed by atoms with Gasteiger partial charge in [0.05, 0.1) is 22.7 Å². The van der Waals surface area contributed by atoms with Gasteiger partial charge in [0, 0.05) is 26.1 Å². The minimum Gasteiger partial charge on any atom is -0.356 e. The van der Waals surface area contributed by atoms with E-state index in [2.05, 4.69) is 10.0 Å². The van der Waals surface area contributed by atoms with E-state index < -0.39 is 44.0 Å². The van der Waals surface area contributed by atoms with Gasteiger partial charge in [0.15, 0.2) is 0 Å². The van der Waals surface area contributed by atoms with E-state index in [1.807, 2.05) is 19.1 Å². The second-order valence-electron chi connectivity index (χ2n) is 10.9. The number of hydrogen-bond acceptors (Lipinski definition) is 7. The van der Waals surface area contributed by atoms with Gasteiger partial charge in [-0.1, -0.05) is 12.2 Å². The van der Waals surface area contributed by atoms with Crippen molar-refractivity contribution in [1.29, 1.82) is 0 Å². The zero-order valence-electron chi connectivity index (χ0n) is 21.5. The summed E-state index contributed by atoms with van der Waals surface area (Å²) in [7, 11) is -2.10. The number of carbonyl (C=O) groups is 3. The van der Waals surface area contributed by atoms with E-state index in [-0.39, 0.29) is 24.7 Å². The first-order valence-corrected chi connectivity index (χ1v) is 14.5. The number of ether oxygens (including phenoxy) is 2. The van der Waals surface area contributed by atoms with Crippen molar-refractivity contribution < 1.29 is 32.3 Å². The predicted octanol–water partition coefficient (Wildman–Crippen LogP) is 1.46. The first kappa shape index (κ1) is 27.1. The van der Waals surface area contributed by atoms with Gasteiger partial charge in [0.2, 0.25) is 21.8 Å². The monoisotopic (exact) mass is 525 g/mol. The molecule has 0 aromatic heterocycles. The Kier molecular flexibility index (Phi) is 7.83. The molecule has 0 radical (unpaired) electrons. The molecule has 0 unspecified atom stereocenters. The van der Waals surface area contributed by atoms with Gasteiger partial charge < -0.3 is 19.7 Å². The molecule has 3 saturated carbocycles. The maximum Gasteiger partial charge on any atom is 0.259 e. The number of carbonyl (C=O) groups excluding carboxylic acids is 3. The van der Waals surface area contributed by atoms with E-state index in [4.69, 9.17) is 9.47 Å². The Hall–Kier alpha value is -1.98. The maximum absolute atomic E-state index is 13.6. The SMILES string of the molecule is CCOCO[C@@H]1C[C@H]2C(=O)N[C@]3(C(=O)NS(=O)(=O)C4(C)CC4)C[C@@H]3/C=C\CCCCN(C)C(=O)[C@@H]2C1. The van der Waals surface area contributed by atoms with Crippen molar-refractivity contribution in [1.82, 2.24) is 14.9 Å². The second kappa shape index (κ2) is 10.4. The van der Waals surface area contributed by atoms with E-state index in [9.17, 15) is 22.8 Å². The Morgan fingerprint density at radius 3 is 2.64 bits per heavy atom. The van der Waals surface area contributed by atoms with Crippen molar-refractivity contribution in [3.05, 3.63) is 12.2 Å². The highest BCUT2D eigenvalue weighted by atomic mass is 32.2. The highest BCUT2D eigenvalue weighted by Gasteiger charge is 2.63. The number of rotatable bonds is 7. The summed E-state index contributed by atoms with van der Waals surface area (Å²) in [5.74, 6) is -2.78. The first-order valence-electron chi connectivity index (χ1n) is 13.0. The van der Waals surface area contributed by atoms with Crippen LogP contribution in [0.1, 0.15) is 65.2 Å². The Labute approximate surface area is 213 Å². The van der Waals surface area contributed by atoms with Crippen LogP contribution in [0.5, 0.6) is 0 Å². The number of nitrogens with one attached hydrogen (secondary N) is 2. The molecule has 10 nitrogen and oxygen atoms in total. The zero-order valence-corrected chi connectivity index (χ0v) is 22.3. The second-order valence-corrected chi connectivity index (χ2v) is 13.1. The molecular weight excluding hydrogens is 486 g/mol. The zero-order chi connectivity index (χ0) is 26.1. The number of sulfonamides is 1. The summed E-state index contributed by atoms with van der Waals surface area (Å²) >= 11 is 0. The molecule has 0 aromatic carbocycles. The fourth-order valence-electron chi connectivity index (χ4n) is 5.26. The van der Waals surface area contributed by atoms with E-state index in [1.54, 1.807) is 18.9 Å². The number of hydrogen-bond donors (Lipinski definition) is 2. The smallest absolute Gasteiger partial charge is 0.259 e. The minimum atomic E-state index is -3.85. The van der Waals surface area contributed by atoms with Gasteiger partial charge in [0.1, 0.15) is 12.3 Å².